The number of amides is 2. The van der Waals surface area contributed by atoms with E-state index >= 15 is 0 Å². The van der Waals surface area contributed by atoms with Crippen LogP contribution in [0.1, 0.15) is 49.4 Å². The fourth-order valence-corrected chi connectivity index (χ4v) is 4.32. The molecular formula is C20H29Cl2N3O2. The van der Waals surface area contributed by atoms with Crippen molar-refractivity contribution in [3.05, 3.63) is 34.9 Å². The standard InChI is InChI=1S/C20H28ClN3O2.ClH/c1-20(22)9-3-2-8-17(20)19(26)24-11-5-10-23(12-13-24)18(25)15-6-4-7-16(21)14-15;/h4,6-7,14,17H,2-3,5,8-13,22H2,1H3;1H. The Morgan fingerprint density at radius 2 is 1.81 bits per heavy atom. The molecule has 1 aliphatic heterocycles. The minimum absolute atomic E-state index is 0. The molecule has 1 heterocycles. The molecule has 3 rings (SSSR count). The van der Waals surface area contributed by atoms with Crippen LogP contribution in [0.25, 0.3) is 0 Å². The lowest BCUT2D eigenvalue weighted by Crippen LogP contribution is -2.54. The first-order chi connectivity index (χ1) is 12.4. The zero-order valence-electron chi connectivity index (χ0n) is 15.8. The summed E-state index contributed by atoms with van der Waals surface area (Å²) in [5.74, 6) is 0.0290. The molecule has 0 radical (unpaired) electrons. The lowest BCUT2D eigenvalue weighted by Gasteiger charge is -2.39. The minimum atomic E-state index is -0.419. The third-order valence-electron chi connectivity index (χ3n) is 5.72. The summed E-state index contributed by atoms with van der Waals surface area (Å²) in [5, 5.41) is 0.557. The Labute approximate surface area is 172 Å². The Balaban J connectivity index is 0.00000261. The van der Waals surface area contributed by atoms with Crippen molar-refractivity contribution in [2.24, 2.45) is 11.7 Å². The Kier molecular flexibility index (Phi) is 7.55. The normalized spacial score (nSPS) is 26.1. The van der Waals surface area contributed by atoms with Gasteiger partial charge in [-0.3, -0.25) is 9.59 Å². The molecule has 2 aliphatic rings. The van der Waals surface area contributed by atoms with Gasteiger partial charge in [0, 0.05) is 42.3 Å². The van der Waals surface area contributed by atoms with E-state index in [-0.39, 0.29) is 30.1 Å². The predicted octanol–water partition coefficient (Wildman–Crippen LogP) is 3.34. The van der Waals surface area contributed by atoms with Crippen molar-refractivity contribution in [1.82, 2.24) is 9.80 Å². The SMILES string of the molecule is CC1(N)CCCCC1C(=O)N1CCCN(C(=O)c2cccc(Cl)c2)CC1.Cl. The zero-order chi connectivity index (χ0) is 18.7. The lowest BCUT2D eigenvalue weighted by atomic mass is 9.74. The van der Waals surface area contributed by atoms with Crippen molar-refractivity contribution >= 4 is 35.8 Å². The van der Waals surface area contributed by atoms with Crippen molar-refractivity contribution in [3.8, 4) is 0 Å². The first-order valence-corrected chi connectivity index (χ1v) is 9.89. The van der Waals surface area contributed by atoms with Gasteiger partial charge in [-0.1, -0.05) is 30.5 Å². The number of rotatable bonds is 2. The monoisotopic (exact) mass is 413 g/mol. The molecule has 2 N–H and O–H groups in total. The van der Waals surface area contributed by atoms with E-state index in [1.54, 1.807) is 24.3 Å². The van der Waals surface area contributed by atoms with Gasteiger partial charge >= 0.3 is 0 Å². The second-order valence-corrected chi connectivity index (χ2v) is 8.22. The van der Waals surface area contributed by atoms with E-state index in [2.05, 4.69) is 0 Å². The van der Waals surface area contributed by atoms with Gasteiger partial charge in [0.05, 0.1) is 5.92 Å². The average molecular weight is 414 g/mol. The van der Waals surface area contributed by atoms with Crippen LogP contribution in [0.15, 0.2) is 24.3 Å². The first-order valence-electron chi connectivity index (χ1n) is 9.51. The molecule has 1 aliphatic carbocycles. The van der Waals surface area contributed by atoms with Crippen LogP contribution >= 0.6 is 24.0 Å². The van der Waals surface area contributed by atoms with Crippen molar-refractivity contribution in [2.75, 3.05) is 26.2 Å². The molecule has 2 atom stereocenters. The molecule has 2 fully saturated rings. The van der Waals surface area contributed by atoms with Crippen LogP contribution in [0.2, 0.25) is 5.02 Å². The number of hydrogen-bond acceptors (Lipinski definition) is 3. The molecule has 1 aromatic rings. The zero-order valence-corrected chi connectivity index (χ0v) is 17.4. The Bertz CT molecular complexity index is 681. The fourth-order valence-electron chi connectivity index (χ4n) is 4.13. The third kappa shape index (κ3) is 5.15. The van der Waals surface area contributed by atoms with Gasteiger partial charge in [0.25, 0.3) is 5.91 Å². The summed E-state index contributed by atoms with van der Waals surface area (Å²) in [6, 6.07) is 7.02. The van der Waals surface area contributed by atoms with E-state index in [4.69, 9.17) is 17.3 Å². The summed E-state index contributed by atoms with van der Waals surface area (Å²) < 4.78 is 0. The summed E-state index contributed by atoms with van der Waals surface area (Å²) >= 11 is 6.00. The maximum Gasteiger partial charge on any atom is 0.253 e. The van der Waals surface area contributed by atoms with Crippen LogP contribution in [0.3, 0.4) is 0 Å². The number of nitrogens with zero attached hydrogens (tertiary/aromatic N) is 2. The number of benzene rings is 1. The number of carbonyl (C=O) groups is 2. The van der Waals surface area contributed by atoms with E-state index in [9.17, 15) is 9.59 Å². The highest BCUT2D eigenvalue weighted by Gasteiger charge is 2.40. The van der Waals surface area contributed by atoms with E-state index in [0.29, 0.717) is 36.8 Å². The number of carbonyl (C=O) groups excluding carboxylic acids is 2. The number of halogens is 2. The Morgan fingerprint density at radius 1 is 1.11 bits per heavy atom. The molecule has 150 valence electrons. The van der Waals surface area contributed by atoms with Crippen molar-refractivity contribution in [2.45, 2.75) is 44.6 Å². The molecular weight excluding hydrogens is 385 g/mol. The van der Waals surface area contributed by atoms with Crippen LogP contribution in [0.5, 0.6) is 0 Å². The maximum atomic E-state index is 13.0. The van der Waals surface area contributed by atoms with Crippen molar-refractivity contribution in [3.63, 3.8) is 0 Å². The number of hydrogen-bond donors (Lipinski definition) is 1. The van der Waals surface area contributed by atoms with Gasteiger partial charge in [0.15, 0.2) is 0 Å². The third-order valence-corrected chi connectivity index (χ3v) is 5.95. The largest absolute Gasteiger partial charge is 0.341 e. The van der Waals surface area contributed by atoms with Crippen LogP contribution in [0.4, 0.5) is 0 Å². The highest BCUT2D eigenvalue weighted by Crippen LogP contribution is 2.33. The van der Waals surface area contributed by atoms with Gasteiger partial charge in [-0.05, 0) is 44.4 Å². The highest BCUT2D eigenvalue weighted by atomic mass is 35.5. The second kappa shape index (κ2) is 9.26. The molecule has 7 heteroatoms. The second-order valence-electron chi connectivity index (χ2n) is 7.79. The van der Waals surface area contributed by atoms with E-state index < -0.39 is 5.54 Å². The fraction of sp³-hybridized carbons (Fsp3) is 0.600. The highest BCUT2D eigenvalue weighted by molar-refractivity contribution is 6.30. The molecule has 2 unspecified atom stereocenters. The minimum Gasteiger partial charge on any atom is -0.341 e. The average Bonchev–Trinajstić information content (AvgIpc) is 2.86. The van der Waals surface area contributed by atoms with Gasteiger partial charge in [-0.25, -0.2) is 0 Å². The van der Waals surface area contributed by atoms with E-state index in [1.807, 2.05) is 16.7 Å². The van der Waals surface area contributed by atoms with E-state index in [1.165, 1.54) is 0 Å². The summed E-state index contributed by atoms with van der Waals surface area (Å²) in [7, 11) is 0. The molecule has 2 amide bonds. The Hall–Kier alpha value is -1.30. The summed E-state index contributed by atoms with van der Waals surface area (Å²) in [6.07, 6.45) is 4.71. The molecule has 0 aromatic heterocycles. The Morgan fingerprint density at radius 3 is 2.52 bits per heavy atom. The van der Waals surface area contributed by atoms with Gasteiger partial charge < -0.3 is 15.5 Å². The number of nitrogens with two attached hydrogens (primary N) is 1. The summed E-state index contributed by atoms with van der Waals surface area (Å²) in [6.45, 7) is 4.45. The van der Waals surface area contributed by atoms with Crippen LogP contribution in [-0.4, -0.2) is 53.3 Å². The van der Waals surface area contributed by atoms with Gasteiger partial charge in [-0.2, -0.15) is 0 Å². The molecule has 0 spiro atoms. The predicted molar refractivity (Wildman–Crippen MR) is 110 cm³/mol. The topological polar surface area (TPSA) is 66.6 Å². The van der Waals surface area contributed by atoms with Crippen LogP contribution < -0.4 is 5.73 Å². The molecule has 27 heavy (non-hydrogen) atoms. The van der Waals surface area contributed by atoms with Gasteiger partial charge in [0.1, 0.15) is 0 Å². The molecule has 1 aromatic carbocycles. The molecule has 0 bridgehead atoms. The lowest BCUT2D eigenvalue weighted by molar-refractivity contribution is -0.138. The smallest absolute Gasteiger partial charge is 0.253 e. The summed E-state index contributed by atoms with van der Waals surface area (Å²) in [4.78, 5) is 29.5. The van der Waals surface area contributed by atoms with Crippen LogP contribution in [-0.2, 0) is 4.79 Å². The molecule has 1 saturated carbocycles. The molecule has 1 saturated heterocycles. The van der Waals surface area contributed by atoms with E-state index in [0.717, 1.165) is 32.1 Å². The quantitative estimate of drug-likeness (QED) is 0.807. The van der Waals surface area contributed by atoms with Crippen LogP contribution in [0, 0.1) is 5.92 Å². The van der Waals surface area contributed by atoms with Gasteiger partial charge in [-0.15, -0.1) is 12.4 Å². The summed E-state index contributed by atoms with van der Waals surface area (Å²) in [5.41, 5.74) is 6.59. The maximum absolute atomic E-state index is 13.0. The van der Waals surface area contributed by atoms with Crippen molar-refractivity contribution in [1.29, 1.82) is 0 Å². The molecule has 5 nitrogen and oxygen atoms in total. The van der Waals surface area contributed by atoms with Crippen molar-refractivity contribution < 1.29 is 9.59 Å². The van der Waals surface area contributed by atoms with Gasteiger partial charge in [0.2, 0.25) is 5.91 Å². The first kappa shape index (κ1) is 22.0.